The Morgan fingerprint density at radius 3 is 2.50 bits per heavy atom. The Morgan fingerprint density at radius 2 is 1.82 bits per heavy atom. The fraction of sp³-hybridized carbons (Fsp3) is 0.0952. The van der Waals surface area contributed by atoms with Crippen molar-refractivity contribution in [1.29, 1.82) is 0 Å². The molecule has 5 nitrogen and oxygen atoms in total. The highest BCUT2D eigenvalue weighted by atomic mass is 19.1. The minimum absolute atomic E-state index is 0.116. The SMILES string of the molecule is CNC(=O)c1cc(C)c(-c2cnc3[nH]c(-c4c(F)cccc4F)cc3c2)cn1. The number of carbonyl (C=O) groups excluding carboxylic acids is 1. The number of rotatable bonds is 3. The van der Waals surface area contributed by atoms with Crippen LogP contribution in [0.25, 0.3) is 33.4 Å². The van der Waals surface area contributed by atoms with E-state index >= 15 is 0 Å². The molecule has 3 aromatic heterocycles. The number of benzene rings is 1. The van der Waals surface area contributed by atoms with E-state index in [1.807, 2.05) is 13.0 Å². The van der Waals surface area contributed by atoms with E-state index in [9.17, 15) is 13.6 Å². The van der Waals surface area contributed by atoms with E-state index in [1.165, 1.54) is 18.2 Å². The molecule has 140 valence electrons. The lowest BCUT2D eigenvalue weighted by molar-refractivity contribution is 0.0958. The molecule has 1 amide bonds. The van der Waals surface area contributed by atoms with Crippen LogP contribution >= 0.6 is 0 Å². The Labute approximate surface area is 159 Å². The van der Waals surface area contributed by atoms with Gasteiger partial charge in [0.1, 0.15) is 23.0 Å². The molecule has 0 aliphatic carbocycles. The van der Waals surface area contributed by atoms with Gasteiger partial charge in [0.15, 0.2) is 0 Å². The lowest BCUT2D eigenvalue weighted by atomic mass is 10.0. The number of aromatic amines is 1. The van der Waals surface area contributed by atoms with Crippen molar-refractivity contribution >= 4 is 16.9 Å². The highest BCUT2D eigenvalue weighted by Gasteiger charge is 2.15. The number of hydrogen-bond donors (Lipinski definition) is 2. The van der Waals surface area contributed by atoms with Crippen molar-refractivity contribution < 1.29 is 13.6 Å². The van der Waals surface area contributed by atoms with Crippen LogP contribution in [0.3, 0.4) is 0 Å². The third-order valence-electron chi connectivity index (χ3n) is 4.58. The molecule has 0 unspecified atom stereocenters. The van der Waals surface area contributed by atoms with Gasteiger partial charge in [0.25, 0.3) is 5.91 Å². The predicted molar refractivity (Wildman–Crippen MR) is 103 cm³/mol. The van der Waals surface area contributed by atoms with Crippen LogP contribution in [-0.4, -0.2) is 27.9 Å². The highest BCUT2D eigenvalue weighted by Crippen LogP contribution is 2.30. The number of H-pyrrole nitrogens is 1. The zero-order valence-corrected chi connectivity index (χ0v) is 15.2. The third-order valence-corrected chi connectivity index (χ3v) is 4.58. The van der Waals surface area contributed by atoms with Crippen molar-refractivity contribution in [3.05, 3.63) is 71.7 Å². The molecule has 4 rings (SSSR count). The molecule has 3 heterocycles. The largest absolute Gasteiger partial charge is 0.354 e. The second-order valence-corrected chi connectivity index (χ2v) is 6.41. The zero-order valence-electron chi connectivity index (χ0n) is 15.2. The van der Waals surface area contributed by atoms with E-state index < -0.39 is 11.6 Å². The fourth-order valence-corrected chi connectivity index (χ4v) is 3.16. The highest BCUT2D eigenvalue weighted by molar-refractivity contribution is 5.93. The molecule has 2 N–H and O–H groups in total. The minimum Gasteiger partial charge on any atom is -0.354 e. The van der Waals surface area contributed by atoms with Crippen LogP contribution in [0.1, 0.15) is 16.1 Å². The summed E-state index contributed by atoms with van der Waals surface area (Å²) in [4.78, 5) is 23.3. The molecule has 7 heteroatoms. The summed E-state index contributed by atoms with van der Waals surface area (Å²) in [5.41, 5.74) is 3.54. The number of halogens is 2. The summed E-state index contributed by atoms with van der Waals surface area (Å²) >= 11 is 0. The molecular weight excluding hydrogens is 362 g/mol. The molecule has 0 saturated carbocycles. The van der Waals surface area contributed by atoms with Crippen molar-refractivity contribution in [2.75, 3.05) is 7.05 Å². The standard InChI is InChI=1S/C21H16F2N4O/c1-11-6-18(21(28)24-2)25-10-14(11)13-7-12-8-17(27-20(12)26-9-13)19-15(22)4-3-5-16(19)23/h3-10H,1-2H3,(H,24,28)(H,26,27). The molecule has 0 bridgehead atoms. The van der Waals surface area contributed by atoms with Gasteiger partial charge in [-0.1, -0.05) is 6.07 Å². The van der Waals surface area contributed by atoms with Crippen LogP contribution < -0.4 is 5.32 Å². The maximum Gasteiger partial charge on any atom is 0.269 e. The summed E-state index contributed by atoms with van der Waals surface area (Å²) in [6.45, 7) is 1.88. The van der Waals surface area contributed by atoms with Crippen LogP contribution in [0, 0.1) is 18.6 Å². The van der Waals surface area contributed by atoms with E-state index in [0.29, 0.717) is 22.4 Å². The van der Waals surface area contributed by atoms with Gasteiger partial charge in [0.05, 0.1) is 11.3 Å². The summed E-state index contributed by atoms with van der Waals surface area (Å²) in [5.74, 6) is -1.54. The van der Waals surface area contributed by atoms with Crippen LogP contribution in [0.4, 0.5) is 8.78 Å². The minimum atomic E-state index is -0.642. The number of hydrogen-bond acceptors (Lipinski definition) is 3. The van der Waals surface area contributed by atoms with Gasteiger partial charge in [-0.15, -0.1) is 0 Å². The van der Waals surface area contributed by atoms with Gasteiger partial charge in [0, 0.05) is 36.0 Å². The van der Waals surface area contributed by atoms with Crippen molar-refractivity contribution in [2.45, 2.75) is 6.92 Å². The van der Waals surface area contributed by atoms with E-state index in [0.717, 1.165) is 16.7 Å². The van der Waals surface area contributed by atoms with Crippen molar-refractivity contribution in [3.63, 3.8) is 0 Å². The molecule has 1 aromatic carbocycles. The Morgan fingerprint density at radius 1 is 1.07 bits per heavy atom. The van der Waals surface area contributed by atoms with Crippen LogP contribution in [0.15, 0.2) is 48.8 Å². The average molecular weight is 378 g/mol. The molecule has 4 aromatic rings. The van der Waals surface area contributed by atoms with E-state index in [1.54, 1.807) is 31.6 Å². The lowest BCUT2D eigenvalue weighted by Crippen LogP contribution is -2.19. The van der Waals surface area contributed by atoms with E-state index in [4.69, 9.17) is 0 Å². The van der Waals surface area contributed by atoms with Gasteiger partial charge in [-0.2, -0.15) is 0 Å². The smallest absolute Gasteiger partial charge is 0.269 e. The van der Waals surface area contributed by atoms with Gasteiger partial charge in [0.2, 0.25) is 0 Å². The molecule has 0 saturated heterocycles. The van der Waals surface area contributed by atoms with Crippen molar-refractivity contribution in [3.8, 4) is 22.4 Å². The first-order valence-corrected chi connectivity index (χ1v) is 8.60. The number of nitrogens with one attached hydrogen (secondary N) is 2. The van der Waals surface area contributed by atoms with E-state index in [2.05, 4.69) is 20.3 Å². The third kappa shape index (κ3) is 3.00. The maximum atomic E-state index is 14.1. The number of aromatic nitrogens is 3. The molecule has 0 fully saturated rings. The fourth-order valence-electron chi connectivity index (χ4n) is 3.16. The molecule has 0 aliphatic heterocycles. The Hall–Kier alpha value is -3.61. The first-order valence-electron chi connectivity index (χ1n) is 8.60. The van der Waals surface area contributed by atoms with Crippen molar-refractivity contribution in [1.82, 2.24) is 20.3 Å². The number of carbonyl (C=O) groups is 1. The maximum absolute atomic E-state index is 14.1. The second kappa shape index (κ2) is 6.84. The van der Waals surface area contributed by atoms with Gasteiger partial charge < -0.3 is 10.3 Å². The molecule has 0 spiro atoms. The van der Waals surface area contributed by atoms with Gasteiger partial charge >= 0.3 is 0 Å². The van der Waals surface area contributed by atoms with Gasteiger partial charge in [-0.05, 0) is 42.8 Å². The van der Waals surface area contributed by atoms with Crippen LogP contribution in [0.2, 0.25) is 0 Å². The second-order valence-electron chi connectivity index (χ2n) is 6.41. The van der Waals surface area contributed by atoms with Crippen LogP contribution in [-0.2, 0) is 0 Å². The lowest BCUT2D eigenvalue weighted by Gasteiger charge is -2.07. The van der Waals surface area contributed by atoms with Gasteiger partial charge in [-0.25, -0.2) is 13.8 Å². The molecule has 0 radical (unpaired) electrons. The first-order chi connectivity index (χ1) is 13.5. The zero-order chi connectivity index (χ0) is 19.8. The quantitative estimate of drug-likeness (QED) is 0.560. The molecular formula is C21H16F2N4O. The number of amides is 1. The number of pyridine rings is 2. The van der Waals surface area contributed by atoms with Crippen molar-refractivity contribution in [2.24, 2.45) is 0 Å². The summed E-state index contributed by atoms with van der Waals surface area (Å²) in [6.07, 6.45) is 3.27. The Balaban J connectivity index is 1.78. The summed E-state index contributed by atoms with van der Waals surface area (Å²) < 4.78 is 28.1. The monoisotopic (exact) mass is 378 g/mol. The Bertz CT molecular complexity index is 1200. The summed E-state index contributed by atoms with van der Waals surface area (Å²) in [5, 5.41) is 3.25. The van der Waals surface area contributed by atoms with E-state index in [-0.39, 0.29) is 11.5 Å². The average Bonchev–Trinajstić information content (AvgIpc) is 3.09. The molecule has 0 atom stereocenters. The Kier molecular flexibility index (Phi) is 4.35. The molecule has 0 aliphatic rings. The normalized spacial score (nSPS) is 11.0. The first kappa shape index (κ1) is 17.8. The van der Waals surface area contributed by atoms with Crippen LogP contribution in [0.5, 0.6) is 0 Å². The molecule has 28 heavy (non-hydrogen) atoms. The van der Waals surface area contributed by atoms with Gasteiger partial charge in [-0.3, -0.25) is 9.78 Å². The number of nitrogens with zero attached hydrogens (tertiary/aromatic N) is 2. The number of fused-ring (bicyclic) bond motifs is 1. The summed E-state index contributed by atoms with van der Waals surface area (Å²) in [7, 11) is 1.55. The number of aryl methyl sites for hydroxylation is 1. The topological polar surface area (TPSA) is 70.7 Å². The predicted octanol–water partition coefficient (Wildman–Crippen LogP) is 4.24. The summed E-state index contributed by atoms with van der Waals surface area (Å²) in [6, 6.07) is 8.98.